The van der Waals surface area contributed by atoms with Crippen LogP contribution in [0, 0.1) is 17.8 Å². The van der Waals surface area contributed by atoms with Crippen LogP contribution in [0.4, 0.5) is 0 Å². The van der Waals surface area contributed by atoms with E-state index >= 15 is 0 Å². The number of aliphatic hydroxyl groups is 1. The van der Waals surface area contributed by atoms with E-state index < -0.39 is 0 Å². The number of hydrogen-bond donors (Lipinski definition) is 3. The van der Waals surface area contributed by atoms with Gasteiger partial charge in [0, 0.05) is 36.6 Å². The van der Waals surface area contributed by atoms with E-state index in [1.807, 2.05) is 25.1 Å². The van der Waals surface area contributed by atoms with E-state index in [4.69, 9.17) is 0 Å². The summed E-state index contributed by atoms with van der Waals surface area (Å²) in [5.41, 5.74) is 0.596. The van der Waals surface area contributed by atoms with Crippen LogP contribution in [0.25, 0.3) is 0 Å². The van der Waals surface area contributed by atoms with Crippen LogP contribution in [-0.2, 0) is 4.79 Å². The van der Waals surface area contributed by atoms with E-state index in [1.165, 1.54) is 6.42 Å². The minimum absolute atomic E-state index is 0.0492. The van der Waals surface area contributed by atoms with Gasteiger partial charge >= 0.3 is 0 Å². The predicted octanol–water partition coefficient (Wildman–Crippen LogP) is 1.72. The third-order valence-electron chi connectivity index (χ3n) is 5.53. The quantitative estimate of drug-likeness (QED) is 0.743. The van der Waals surface area contributed by atoms with Gasteiger partial charge in [-0.05, 0) is 50.2 Å². The predicted molar refractivity (Wildman–Crippen MR) is 91.3 cm³/mol. The molecular formula is C19H26N2O3. The number of nitrogens with one attached hydrogen (secondary N) is 2. The fourth-order valence-corrected chi connectivity index (χ4v) is 4.37. The maximum absolute atomic E-state index is 12.3. The molecule has 3 rings (SSSR count). The lowest BCUT2D eigenvalue weighted by molar-refractivity contribution is -0.123. The zero-order chi connectivity index (χ0) is 17.1. The summed E-state index contributed by atoms with van der Waals surface area (Å²) in [6, 6.07) is 8.86. The number of benzene rings is 1. The molecule has 0 aliphatic heterocycles. The fourth-order valence-electron chi connectivity index (χ4n) is 4.37. The van der Waals surface area contributed by atoms with Crippen LogP contribution in [-0.4, -0.2) is 35.6 Å². The van der Waals surface area contributed by atoms with Crippen molar-refractivity contribution in [3.63, 3.8) is 0 Å². The van der Waals surface area contributed by atoms with Crippen molar-refractivity contribution in [2.45, 2.75) is 44.7 Å². The Labute approximate surface area is 142 Å². The van der Waals surface area contributed by atoms with Crippen molar-refractivity contribution < 1.29 is 14.7 Å². The molecule has 2 aliphatic rings. The molecule has 2 amide bonds. The van der Waals surface area contributed by atoms with Crippen molar-refractivity contribution in [3.8, 4) is 0 Å². The number of aliphatic hydroxyl groups excluding tert-OH is 1. The van der Waals surface area contributed by atoms with E-state index in [1.54, 1.807) is 12.1 Å². The normalized spacial score (nSPS) is 29.2. The summed E-state index contributed by atoms with van der Waals surface area (Å²) in [7, 11) is 0. The van der Waals surface area contributed by atoms with Gasteiger partial charge in [0.15, 0.2) is 0 Å². The Hall–Kier alpha value is -1.88. The Kier molecular flexibility index (Phi) is 5.19. The molecule has 1 aromatic rings. The molecule has 24 heavy (non-hydrogen) atoms. The second kappa shape index (κ2) is 7.34. The smallest absolute Gasteiger partial charge is 0.251 e. The molecule has 2 fully saturated rings. The first kappa shape index (κ1) is 17.0. The number of carbonyl (C=O) groups excluding carboxylic acids is 2. The van der Waals surface area contributed by atoms with Crippen LogP contribution in [0.5, 0.6) is 0 Å². The molecule has 0 radical (unpaired) electrons. The van der Waals surface area contributed by atoms with Gasteiger partial charge < -0.3 is 15.7 Å². The number of rotatable bonds is 6. The summed E-state index contributed by atoms with van der Waals surface area (Å²) in [6.45, 7) is 1.98. The highest BCUT2D eigenvalue weighted by molar-refractivity contribution is 5.94. The first-order valence-electron chi connectivity index (χ1n) is 8.84. The molecule has 0 aromatic heterocycles. The second-order valence-corrected chi connectivity index (χ2v) is 7.22. The molecule has 2 saturated carbocycles. The minimum Gasteiger partial charge on any atom is -0.396 e. The summed E-state index contributed by atoms with van der Waals surface area (Å²) in [4.78, 5) is 24.4. The Morgan fingerprint density at radius 3 is 2.62 bits per heavy atom. The van der Waals surface area contributed by atoms with Crippen molar-refractivity contribution >= 4 is 11.8 Å². The van der Waals surface area contributed by atoms with Gasteiger partial charge in [0.25, 0.3) is 5.91 Å². The van der Waals surface area contributed by atoms with Gasteiger partial charge in [-0.1, -0.05) is 18.2 Å². The monoisotopic (exact) mass is 330 g/mol. The van der Waals surface area contributed by atoms with E-state index in [-0.39, 0.29) is 42.8 Å². The Morgan fingerprint density at radius 1 is 1.21 bits per heavy atom. The van der Waals surface area contributed by atoms with Crippen molar-refractivity contribution in [2.24, 2.45) is 17.8 Å². The van der Waals surface area contributed by atoms with Crippen molar-refractivity contribution in [1.29, 1.82) is 0 Å². The van der Waals surface area contributed by atoms with E-state index in [2.05, 4.69) is 10.6 Å². The van der Waals surface area contributed by atoms with Gasteiger partial charge in [0.2, 0.25) is 5.91 Å². The Morgan fingerprint density at radius 2 is 1.92 bits per heavy atom. The first-order valence-corrected chi connectivity index (χ1v) is 8.84. The standard InChI is InChI=1S/C19H26N2O3/c1-12(20-19(24)13-5-3-2-4-6-13)9-17(23)21-18-15-8-7-14(10-15)16(18)11-22/h2-6,12,14-16,18,22H,7-11H2,1H3,(H,20,24)(H,21,23). The van der Waals surface area contributed by atoms with Crippen LogP contribution >= 0.6 is 0 Å². The van der Waals surface area contributed by atoms with E-state index in [9.17, 15) is 14.7 Å². The second-order valence-electron chi connectivity index (χ2n) is 7.22. The largest absolute Gasteiger partial charge is 0.396 e. The fraction of sp³-hybridized carbons (Fsp3) is 0.579. The molecule has 5 atom stereocenters. The molecule has 5 heteroatoms. The molecular weight excluding hydrogens is 304 g/mol. The van der Waals surface area contributed by atoms with Gasteiger partial charge in [-0.15, -0.1) is 0 Å². The van der Waals surface area contributed by atoms with Crippen molar-refractivity contribution in [2.75, 3.05) is 6.61 Å². The summed E-state index contributed by atoms with van der Waals surface area (Å²) in [5, 5.41) is 15.6. The maximum atomic E-state index is 12.3. The molecule has 0 heterocycles. The van der Waals surface area contributed by atoms with Crippen LogP contribution in [0.1, 0.15) is 43.0 Å². The van der Waals surface area contributed by atoms with Gasteiger partial charge in [-0.3, -0.25) is 9.59 Å². The summed E-state index contributed by atoms with van der Waals surface area (Å²) in [5.74, 6) is 1.05. The van der Waals surface area contributed by atoms with Crippen LogP contribution in [0.3, 0.4) is 0 Å². The molecule has 2 bridgehead atoms. The Bertz CT molecular complexity index is 590. The minimum atomic E-state index is -0.233. The third kappa shape index (κ3) is 3.61. The zero-order valence-electron chi connectivity index (χ0n) is 14.1. The molecule has 5 nitrogen and oxygen atoms in total. The highest BCUT2D eigenvalue weighted by Gasteiger charge is 2.47. The highest BCUT2D eigenvalue weighted by Crippen LogP contribution is 2.48. The lowest BCUT2D eigenvalue weighted by atomic mass is 9.85. The topological polar surface area (TPSA) is 78.4 Å². The SMILES string of the molecule is CC(CC(=O)NC1C2CCC(C2)C1CO)NC(=O)c1ccccc1. The van der Waals surface area contributed by atoms with Gasteiger partial charge in [0.1, 0.15) is 0 Å². The highest BCUT2D eigenvalue weighted by atomic mass is 16.3. The van der Waals surface area contributed by atoms with Gasteiger partial charge in [-0.2, -0.15) is 0 Å². The first-order chi connectivity index (χ1) is 11.6. The van der Waals surface area contributed by atoms with Crippen molar-refractivity contribution in [1.82, 2.24) is 10.6 Å². The van der Waals surface area contributed by atoms with Gasteiger partial charge in [-0.25, -0.2) is 0 Å². The summed E-state index contributed by atoms with van der Waals surface area (Å²) >= 11 is 0. The van der Waals surface area contributed by atoms with Gasteiger partial charge in [0.05, 0.1) is 0 Å². The van der Waals surface area contributed by atoms with E-state index in [0.717, 1.165) is 12.8 Å². The Balaban J connectivity index is 1.49. The number of carbonyl (C=O) groups is 2. The maximum Gasteiger partial charge on any atom is 0.251 e. The summed E-state index contributed by atoms with van der Waals surface area (Å²) < 4.78 is 0. The third-order valence-corrected chi connectivity index (χ3v) is 5.53. The molecule has 0 spiro atoms. The summed E-state index contributed by atoms with van der Waals surface area (Å²) in [6.07, 6.45) is 3.69. The lowest BCUT2D eigenvalue weighted by Crippen LogP contribution is -2.47. The number of hydrogen-bond acceptors (Lipinski definition) is 3. The van der Waals surface area contributed by atoms with Crippen LogP contribution in [0.2, 0.25) is 0 Å². The van der Waals surface area contributed by atoms with Crippen LogP contribution in [0.15, 0.2) is 30.3 Å². The molecule has 3 N–H and O–H groups in total. The number of fused-ring (bicyclic) bond motifs is 2. The molecule has 1 aromatic carbocycles. The zero-order valence-corrected chi connectivity index (χ0v) is 14.1. The molecule has 2 aliphatic carbocycles. The average Bonchev–Trinajstić information content (AvgIpc) is 3.16. The molecule has 130 valence electrons. The molecule has 5 unspecified atom stereocenters. The average molecular weight is 330 g/mol. The number of amides is 2. The van der Waals surface area contributed by atoms with Crippen LogP contribution < -0.4 is 10.6 Å². The van der Waals surface area contributed by atoms with Crippen molar-refractivity contribution in [3.05, 3.63) is 35.9 Å². The van der Waals surface area contributed by atoms with E-state index in [0.29, 0.717) is 17.4 Å². The molecule has 0 saturated heterocycles. The lowest BCUT2D eigenvalue weighted by Gasteiger charge is -2.30.